The van der Waals surface area contributed by atoms with Gasteiger partial charge in [-0.3, -0.25) is 4.79 Å². The Morgan fingerprint density at radius 3 is 2.00 bits per heavy atom. The van der Waals surface area contributed by atoms with Crippen molar-refractivity contribution in [1.82, 2.24) is 0 Å². The lowest BCUT2D eigenvalue weighted by Gasteiger charge is -2.16. The molecule has 0 fully saturated rings. The van der Waals surface area contributed by atoms with Gasteiger partial charge in [0.25, 0.3) is 0 Å². The van der Waals surface area contributed by atoms with Crippen molar-refractivity contribution in [1.29, 1.82) is 0 Å². The Labute approximate surface area is 170 Å². The number of carboxylic acid groups (broad SMARTS) is 1. The predicted molar refractivity (Wildman–Crippen MR) is 111 cm³/mol. The first kappa shape index (κ1) is 20.6. The van der Waals surface area contributed by atoms with Gasteiger partial charge in [0.1, 0.15) is 12.4 Å². The number of ether oxygens (including phenoxy) is 1. The molecule has 3 aromatic rings. The molecule has 3 aromatic carbocycles. The topological polar surface area (TPSA) is 80.7 Å². The van der Waals surface area contributed by atoms with E-state index in [1.54, 1.807) is 54.6 Å². The van der Waals surface area contributed by atoms with Crippen LogP contribution in [0, 0.1) is 0 Å². The van der Waals surface area contributed by atoms with E-state index in [9.17, 15) is 18.3 Å². The lowest BCUT2D eigenvalue weighted by atomic mass is 10.1. The van der Waals surface area contributed by atoms with Crippen LogP contribution in [0.25, 0.3) is 0 Å². The van der Waals surface area contributed by atoms with Gasteiger partial charge in [-0.05, 0) is 28.8 Å². The molecule has 150 valence electrons. The molecule has 0 saturated carbocycles. The summed E-state index contributed by atoms with van der Waals surface area (Å²) in [4.78, 5) is 11.2. The Kier molecular flexibility index (Phi) is 6.67. The summed E-state index contributed by atoms with van der Waals surface area (Å²) < 4.78 is 31.6. The van der Waals surface area contributed by atoms with Crippen molar-refractivity contribution < 1.29 is 23.1 Å². The third kappa shape index (κ3) is 5.93. The van der Waals surface area contributed by atoms with Crippen LogP contribution >= 0.6 is 0 Å². The summed E-state index contributed by atoms with van der Waals surface area (Å²) in [7, 11) is -3.71. The number of rotatable bonds is 9. The van der Waals surface area contributed by atoms with Gasteiger partial charge in [-0.2, -0.15) is 0 Å². The van der Waals surface area contributed by atoms with E-state index < -0.39 is 27.5 Å². The van der Waals surface area contributed by atoms with Crippen LogP contribution in [-0.4, -0.2) is 19.5 Å². The fourth-order valence-electron chi connectivity index (χ4n) is 3.03. The van der Waals surface area contributed by atoms with E-state index in [4.69, 9.17) is 4.74 Å². The molecule has 0 heterocycles. The van der Waals surface area contributed by atoms with Crippen molar-refractivity contribution in [2.75, 3.05) is 0 Å². The number of benzene rings is 3. The van der Waals surface area contributed by atoms with Crippen LogP contribution in [0.15, 0.2) is 84.9 Å². The molecule has 29 heavy (non-hydrogen) atoms. The minimum Gasteiger partial charge on any atom is -0.489 e. The zero-order chi connectivity index (χ0) is 20.7. The Morgan fingerprint density at radius 1 is 0.828 bits per heavy atom. The van der Waals surface area contributed by atoms with Crippen molar-refractivity contribution in [2.24, 2.45) is 0 Å². The van der Waals surface area contributed by atoms with E-state index in [-0.39, 0.29) is 5.75 Å². The van der Waals surface area contributed by atoms with E-state index in [2.05, 4.69) is 0 Å². The fourth-order valence-corrected chi connectivity index (χ4v) is 4.86. The van der Waals surface area contributed by atoms with E-state index in [1.807, 2.05) is 30.3 Å². The van der Waals surface area contributed by atoms with E-state index in [0.717, 1.165) is 5.56 Å². The van der Waals surface area contributed by atoms with Gasteiger partial charge in [0.05, 0.1) is 17.4 Å². The van der Waals surface area contributed by atoms with Gasteiger partial charge in [0.2, 0.25) is 0 Å². The molecule has 0 aliphatic heterocycles. The van der Waals surface area contributed by atoms with Crippen molar-refractivity contribution in [2.45, 2.75) is 24.0 Å². The second-order valence-corrected chi connectivity index (χ2v) is 8.91. The van der Waals surface area contributed by atoms with Crippen LogP contribution in [0.1, 0.15) is 28.4 Å². The van der Waals surface area contributed by atoms with Crippen molar-refractivity contribution in [3.8, 4) is 5.75 Å². The van der Waals surface area contributed by atoms with E-state index in [0.29, 0.717) is 23.5 Å². The van der Waals surface area contributed by atoms with Crippen molar-refractivity contribution in [3.63, 3.8) is 0 Å². The number of carbonyl (C=O) groups is 1. The Bertz CT molecular complexity index is 1030. The molecule has 0 radical (unpaired) electrons. The Balaban J connectivity index is 1.70. The molecule has 0 spiro atoms. The molecule has 0 aliphatic carbocycles. The highest BCUT2D eigenvalue weighted by Crippen LogP contribution is 2.29. The molecular weight excluding hydrogens is 388 g/mol. The molecule has 1 N–H and O–H groups in total. The lowest BCUT2D eigenvalue weighted by Crippen LogP contribution is -2.19. The molecule has 0 bridgehead atoms. The normalized spacial score (nSPS) is 12.3. The monoisotopic (exact) mass is 410 g/mol. The summed E-state index contributed by atoms with van der Waals surface area (Å²) >= 11 is 0. The number of carboxylic acids is 1. The van der Waals surface area contributed by atoms with Crippen LogP contribution < -0.4 is 4.74 Å². The molecular formula is C23H22O5S. The number of hydrogen-bond acceptors (Lipinski definition) is 4. The second kappa shape index (κ2) is 9.39. The maximum Gasteiger partial charge on any atom is 0.305 e. The van der Waals surface area contributed by atoms with Gasteiger partial charge in [-0.1, -0.05) is 72.8 Å². The molecule has 3 rings (SSSR count). The minimum absolute atomic E-state index is 0.237. The van der Waals surface area contributed by atoms with Crippen LogP contribution in [0.2, 0.25) is 0 Å². The van der Waals surface area contributed by atoms with E-state index in [1.165, 1.54) is 0 Å². The zero-order valence-corrected chi connectivity index (χ0v) is 16.6. The highest BCUT2D eigenvalue weighted by molar-refractivity contribution is 7.90. The highest BCUT2D eigenvalue weighted by Gasteiger charge is 2.29. The minimum atomic E-state index is -3.71. The van der Waals surface area contributed by atoms with Crippen molar-refractivity contribution >= 4 is 15.8 Å². The molecule has 0 unspecified atom stereocenters. The van der Waals surface area contributed by atoms with Gasteiger partial charge in [-0.25, -0.2) is 8.42 Å². The maximum atomic E-state index is 12.9. The van der Waals surface area contributed by atoms with Crippen LogP contribution in [0.5, 0.6) is 5.75 Å². The third-order valence-corrected chi connectivity index (χ3v) is 6.55. The van der Waals surface area contributed by atoms with E-state index >= 15 is 0 Å². The lowest BCUT2D eigenvalue weighted by molar-refractivity contribution is -0.137. The number of aliphatic carboxylic acids is 1. The smallest absolute Gasteiger partial charge is 0.305 e. The van der Waals surface area contributed by atoms with Gasteiger partial charge in [0, 0.05) is 0 Å². The largest absolute Gasteiger partial charge is 0.489 e. The third-order valence-electron chi connectivity index (χ3n) is 4.50. The molecule has 0 aliphatic rings. The standard InChI is InChI=1S/C23H22O5S/c24-23(25)15-22(20-9-5-2-6-10-20)29(26,27)17-19-11-13-21(14-12-19)28-16-18-7-3-1-4-8-18/h1-14,22H,15-17H2,(H,24,25)/t22-/m0/s1. The molecule has 0 saturated heterocycles. The maximum absolute atomic E-state index is 12.9. The van der Waals surface area contributed by atoms with Gasteiger partial charge < -0.3 is 9.84 Å². The summed E-state index contributed by atoms with van der Waals surface area (Å²) in [6.45, 7) is 0.424. The second-order valence-electron chi connectivity index (χ2n) is 6.72. The Hall–Kier alpha value is -3.12. The van der Waals surface area contributed by atoms with Gasteiger partial charge >= 0.3 is 5.97 Å². The summed E-state index contributed by atoms with van der Waals surface area (Å²) in [5.74, 6) is -0.744. The average molecular weight is 410 g/mol. The molecule has 5 nitrogen and oxygen atoms in total. The van der Waals surface area contributed by atoms with Crippen LogP contribution in [-0.2, 0) is 27.0 Å². The van der Waals surface area contributed by atoms with Gasteiger partial charge in [-0.15, -0.1) is 0 Å². The quantitative estimate of drug-likeness (QED) is 0.566. The molecule has 0 aromatic heterocycles. The van der Waals surface area contributed by atoms with Crippen LogP contribution in [0.4, 0.5) is 0 Å². The summed E-state index contributed by atoms with van der Waals surface area (Å²) in [6, 6.07) is 25.1. The fraction of sp³-hybridized carbons (Fsp3) is 0.174. The van der Waals surface area contributed by atoms with Gasteiger partial charge in [0.15, 0.2) is 9.84 Å². The SMILES string of the molecule is O=C(O)C[C@@H](c1ccccc1)S(=O)(=O)Cc1ccc(OCc2ccccc2)cc1. The zero-order valence-electron chi connectivity index (χ0n) is 15.8. The average Bonchev–Trinajstić information content (AvgIpc) is 2.72. The molecule has 6 heteroatoms. The summed E-state index contributed by atoms with van der Waals surface area (Å²) in [5, 5.41) is 8.10. The van der Waals surface area contributed by atoms with Crippen LogP contribution in [0.3, 0.4) is 0 Å². The first-order valence-corrected chi connectivity index (χ1v) is 10.9. The first-order valence-electron chi connectivity index (χ1n) is 9.18. The Morgan fingerprint density at radius 2 is 1.41 bits per heavy atom. The number of sulfone groups is 1. The predicted octanol–water partition coefficient (Wildman–Crippen LogP) is 4.40. The molecule has 1 atom stereocenters. The first-order chi connectivity index (χ1) is 13.9. The molecule has 0 amide bonds. The summed E-state index contributed by atoms with van der Waals surface area (Å²) in [6.07, 6.45) is -0.468. The number of hydrogen-bond donors (Lipinski definition) is 1. The van der Waals surface area contributed by atoms with Crippen molar-refractivity contribution in [3.05, 3.63) is 102 Å². The summed E-state index contributed by atoms with van der Waals surface area (Å²) in [5.41, 5.74) is 2.11. The highest BCUT2D eigenvalue weighted by atomic mass is 32.2.